The van der Waals surface area contributed by atoms with Crippen molar-refractivity contribution < 1.29 is 4.39 Å². The fourth-order valence-electron chi connectivity index (χ4n) is 3.65. The Balaban J connectivity index is 1.50. The lowest BCUT2D eigenvalue weighted by Crippen LogP contribution is -1.95. The highest BCUT2D eigenvalue weighted by Crippen LogP contribution is 2.29. The summed E-state index contributed by atoms with van der Waals surface area (Å²) in [7, 11) is 0. The molecule has 5 heteroatoms. The number of halogens is 1. The van der Waals surface area contributed by atoms with Crippen LogP contribution in [0.1, 0.15) is 16.8 Å². The van der Waals surface area contributed by atoms with Crippen LogP contribution in [0, 0.1) is 12.7 Å². The second kappa shape index (κ2) is 7.02. The van der Waals surface area contributed by atoms with Crippen LogP contribution in [-0.2, 0) is 6.42 Å². The smallest absolute Gasteiger partial charge is 0.123 e. The van der Waals surface area contributed by atoms with Crippen molar-refractivity contribution >= 4 is 10.9 Å². The van der Waals surface area contributed by atoms with Crippen molar-refractivity contribution in [3.8, 4) is 16.9 Å². The molecule has 0 radical (unpaired) electrons. The largest absolute Gasteiger partial charge is 0.361 e. The van der Waals surface area contributed by atoms with Gasteiger partial charge in [0.05, 0.1) is 23.2 Å². The number of imidazole rings is 1. The molecular weight excluding hydrogens is 363 g/mol. The third kappa shape index (κ3) is 3.31. The van der Waals surface area contributed by atoms with E-state index in [9.17, 15) is 4.39 Å². The van der Waals surface area contributed by atoms with E-state index in [1.165, 1.54) is 12.1 Å². The lowest BCUT2D eigenvalue weighted by Gasteiger charge is -2.09. The molecule has 3 aromatic heterocycles. The van der Waals surface area contributed by atoms with Gasteiger partial charge in [-0.1, -0.05) is 24.3 Å². The third-order valence-corrected chi connectivity index (χ3v) is 5.13. The minimum atomic E-state index is -0.221. The second-order valence-corrected chi connectivity index (χ2v) is 7.17. The Morgan fingerprint density at radius 3 is 2.48 bits per heavy atom. The van der Waals surface area contributed by atoms with Gasteiger partial charge in [-0.15, -0.1) is 0 Å². The quantitative estimate of drug-likeness (QED) is 0.449. The summed E-state index contributed by atoms with van der Waals surface area (Å²) in [6.07, 6.45) is 8.36. The summed E-state index contributed by atoms with van der Waals surface area (Å²) in [6, 6.07) is 17.0. The topological polar surface area (TPSA) is 46.5 Å². The molecule has 0 bridgehead atoms. The molecule has 0 atom stereocenters. The van der Waals surface area contributed by atoms with Crippen molar-refractivity contribution in [1.82, 2.24) is 19.5 Å². The molecule has 0 aliphatic rings. The lowest BCUT2D eigenvalue weighted by molar-refractivity contribution is 0.627. The number of aryl methyl sites for hydroxylation is 1. The highest BCUT2D eigenvalue weighted by Gasteiger charge is 2.11. The molecule has 0 amide bonds. The molecule has 5 aromatic rings. The van der Waals surface area contributed by atoms with Gasteiger partial charge in [-0.2, -0.15) is 0 Å². The van der Waals surface area contributed by atoms with Gasteiger partial charge in [-0.05, 0) is 48.4 Å². The van der Waals surface area contributed by atoms with E-state index in [1.54, 1.807) is 0 Å². The first-order valence-corrected chi connectivity index (χ1v) is 9.48. The van der Waals surface area contributed by atoms with Crippen molar-refractivity contribution in [1.29, 1.82) is 0 Å². The number of hydrogen-bond acceptors (Lipinski definition) is 2. The zero-order chi connectivity index (χ0) is 19.8. The second-order valence-electron chi connectivity index (χ2n) is 7.17. The molecule has 0 aliphatic heterocycles. The fraction of sp³-hybridized carbons (Fsp3) is 0.0833. The number of rotatable bonds is 4. The Hall–Kier alpha value is -3.73. The summed E-state index contributed by atoms with van der Waals surface area (Å²) >= 11 is 0. The molecule has 5 rings (SSSR count). The van der Waals surface area contributed by atoms with E-state index < -0.39 is 0 Å². The number of fused-ring (bicyclic) bond motifs is 1. The Kier molecular flexibility index (Phi) is 4.21. The molecule has 29 heavy (non-hydrogen) atoms. The summed E-state index contributed by atoms with van der Waals surface area (Å²) in [5, 5.41) is 1.08. The maximum absolute atomic E-state index is 13.2. The van der Waals surface area contributed by atoms with Crippen molar-refractivity contribution in [2.75, 3.05) is 0 Å². The average molecular weight is 382 g/mol. The van der Waals surface area contributed by atoms with E-state index >= 15 is 0 Å². The summed E-state index contributed by atoms with van der Waals surface area (Å²) in [5.74, 6) is -0.221. The molecule has 0 unspecified atom stereocenters. The van der Waals surface area contributed by atoms with E-state index in [0.717, 1.165) is 44.7 Å². The normalized spacial score (nSPS) is 11.2. The van der Waals surface area contributed by atoms with Gasteiger partial charge in [0.1, 0.15) is 5.82 Å². The van der Waals surface area contributed by atoms with Crippen LogP contribution in [0.3, 0.4) is 0 Å². The predicted molar refractivity (Wildman–Crippen MR) is 113 cm³/mol. The SMILES string of the molecule is Cc1cn(-c2ccc(-c3ncc(Cc4ccc(F)cc4)c4[nH]ccc34)cc2)cn1. The number of hydrogen-bond donors (Lipinski definition) is 1. The number of benzene rings is 2. The van der Waals surface area contributed by atoms with Gasteiger partial charge in [-0.25, -0.2) is 9.37 Å². The molecule has 0 saturated carbocycles. The minimum Gasteiger partial charge on any atom is -0.361 e. The molecule has 0 saturated heterocycles. The fourth-order valence-corrected chi connectivity index (χ4v) is 3.65. The molecule has 0 fully saturated rings. The highest BCUT2D eigenvalue weighted by molar-refractivity contribution is 5.94. The van der Waals surface area contributed by atoms with Crippen LogP contribution in [0.25, 0.3) is 27.8 Å². The Morgan fingerprint density at radius 1 is 0.966 bits per heavy atom. The van der Waals surface area contributed by atoms with Gasteiger partial charge >= 0.3 is 0 Å². The van der Waals surface area contributed by atoms with E-state index in [1.807, 2.05) is 48.5 Å². The molecule has 4 nitrogen and oxygen atoms in total. The van der Waals surface area contributed by atoms with E-state index in [2.05, 4.69) is 40.3 Å². The van der Waals surface area contributed by atoms with E-state index in [4.69, 9.17) is 4.98 Å². The first kappa shape index (κ1) is 17.4. The van der Waals surface area contributed by atoms with Gasteiger partial charge in [0.15, 0.2) is 0 Å². The number of nitrogens with zero attached hydrogens (tertiary/aromatic N) is 3. The first-order chi connectivity index (χ1) is 14.2. The van der Waals surface area contributed by atoms with Gasteiger partial charge in [0, 0.05) is 41.6 Å². The van der Waals surface area contributed by atoms with Crippen LogP contribution in [0.4, 0.5) is 4.39 Å². The maximum atomic E-state index is 13.2. The molecule has 2 aromatic carbocycles. The zero-order valence-corrected chi connectivity index (χ0v) is 15.9. The third-order valence-electron chi connectivity index (χ3n) is 5.13. The molecular formula is C24H19FN4. The van der Waals surface area contributed by atoms with Gasteiger partial charge in [0.25, 0.3) is 0 Å². The number of H-pyrrole nitrogens is 1. The van der Waals surface area contributed by atoms with Gasteiger partial charge in [-0.3, -0.25) is 4.98 Å². The number of pyridine rings is 1. The molecule has 1 N–H and O–H groups in total. The molecule has 3 heterocycles. The van der Waals surface area contributed by atoms with Crippen LogP contribution in [0.5, 0.6) is 0 Å². The van der Waals surface area contributed by atoms with Gasteiger partial charge < -0.3 is 9.55 Å². The zero-order valence-electron chi connectivity index (χ0n) is 15.9. The Morgan fingerprint density at radius 2 is 1.76 bits per heavy atom. The standard InChI is InChI=1S/C24H19FN4/c1-16-14-29(15-28-16)21-8-4-18(5-9-21)23-22-10-11-26-24(22)19(13-27-23)12-17-2-6-20(25)7-3-17/h2-11,13-15,26H,12H2,1H3. The minimum absolute atomic E-state index is 0.221. The van der Waals surface area contributed by atoms with E-state index in [-0.39, 0.29) is 5.82 Å². The van der Waals surface area contributed by atoms with Crippen molar-refractivity contribution in [2.24, 2.45) is 0 Å². The summed E-state index contributed by atoms with van der Waals surface area (Å²) in [6.45, 7) is 1.98. The van der Waals surface area contributed by atoms with Crippen molar-refractivity contribution in [3.63, 3.8) is 0 Å². The monoisotopic (exact) mass is 382 g/mol. The van der Waals surface area contributed by atoms with Crippen LogP contribution < -0.4 is 0 Å². The number of aromatic amines is 1. The highest BCUT2D eigenvalue weighted by atomic mass is 19.1. The predicted octanol–water partition coefficient (Wildman–Crippen LogP) is 5.45. The van der Waals surface area contributed by atoms with Crippen molar-refractivity contribution in [3.05, 3.63) is 102 Å². The summed E-state index contributed by atoms with van der Waals surface area (Å²) in [5.41, 5.74) is 7.26. The molecule has 0 spiro atoms. The van der Waals surface area contributed by atoms with Crippen LogP contribution in [-0.4, -0.2) is 19.5 Å². The van der Waals surface area contributed by atoms with Gasteiger partial charge in [0.2, 0.25) is 0 Å². The van der Waals surface area contributed by atoms with Crippen LogP contribution in [0.2, 0.25) is 0 Å². The average Bonchev–Trinajstić information content (AvgIpc) is 3.40. The summed E-state index contributed by atoms with van der Waals surface area (Å²) in [4.78, 5) is 12.4. The molecule has 142 valence electrons. The first-order valence-electron chi connectivity index (χ1n) is 9.48. The lowest BCUT2D eigenvalue weighted by atomic mass is 10.0. The summed E-state index contributed by atoms with van der Waals surface area (Å²) < 4.78 is 15.2. The number of aromatic nitrogens is 4. The Bertz CT molecular complexity index is 1280. The van der Waals surface area contributed by atoms with Crippen LogP contribution >= 0.6 is 0 Å². The van der Waals surface area contributed by atoms with Crippen LogP contribution in [0.15, 0.2) is 79.5 Å². The number of nitrogens with one attached hydrogen (secondary N) is 1. The van der Waals surface area contributed by atoms with Crippen molar-refractivity contribution in [2.45, 2.75) is 13.3 Å². The Labute approximate surface area is 167 Å². The van der Waals surface area contributed by atoms with E-state index in [0.29, 0.717) is 6.42 Å². The molecule has 0 aliphatic carbocycles. The maximum Gasteiger partial charge on any atom is 0.123 e.